The average Bonchev–Trinajstić information content (AvgIpc) is 3.08. The molecule has 0 fully saturated rings. The Labute approximate surface area is 233 Å². The molecule has 0 spiro atoms. The molecule has 187 valence electrons. The van der Waals surface area contributed by atoms with Crippen molar-refractivity contribution in [3.8, 4) is 28.0 Å². The summed E-state index contributed by atoms with van der Waals surface area (Å²) in [7, 11) is -0.174. The summed E-state index contributed by atoms with van der Waals surface area (Å²) in [6.07, 6.45) is 0.128. The Morgan fingerprint density at radius 2 is 1.35 bits per heavy atom. The maximum atomic E-state index is 5.83. The fourth-order valence-electron chi connectivity index (χ4n) is 6.94. The monoisotopic (exact) mass is 589 g/mol. The smallest absolute Gasteiger partial charge is 0.496 e. The second-order valence-electron chi connectivity index (χ2n) is 11.0. The number of anilines is 4. The Bertz CT molecular complexity index is 1630. The molecule has 0 N–H and O–H groups in total. The third kappa shape index (κ3) is 2.90. The molecule has 3 nitrogen and oxygen atoms in total. The van der Waals surface area contributed by atoms with Crippen molar-refractivity contribution < 1.29 is 24.2 Å². The summed E-state index contributed by atoms with van der Waals surface area (Å²) in [6, 6.07) is 24.0. The van der Waals surface area contributed by atoms with Crippen molar-refractivity contribution >= 4 is 41.2 Å². The predicted molar refractivity (Wildman–Crippen MR) is 154 cm³/mol. The van der Waals surface area contributed by atoms with E-state index in [1.165, 1.54) is 72.1 Å². The van der Waals surface area contributed by atoms with Crippen LogP contribution in [0.4, 0.5) is 22.7 Å². The van der Waals surface area contributed by atoms with Crippen molar-refractivity contribution in [3.05, 3.63) is 77.4 Å². The minimum Gasteiger partial charge on any atom is -0.496 e. The number of benzene rings is 4. The van der Waals surface area contributed by atoms with Crippen LogP contribution in [0.15, 0.2) is 54.6 Å². The van der Waals surface area contributed by atoms with Crippen LogP contribution in [0.5, 0.6) is 5.75 Å². The van der Waals surface area contributed by atoms with E-state index in [9.17, 15) is 0 Å². The summed E-state index contributed by atoms with van der Waals surface area (Å²) in [6.45, 7) is 14.0. The molecular formula is C32H31N2ORuSi. The molecule has 3 aliphatic rings. The van der Waals surface area contributed by atoms with Gasteiger partial charge in [0.2, 0.25) is 0 Å². The summed E-state index contributed by atoms with van der Waals surface area (Å²) in [5.41, 5.74) is 14.3. The van der Waals surface area contributed by atoms with Crippen molar-refractivity contribution in [3.63, 3.8) is 0 Å². The van der Waals surface area contributed by atoms with Crippen molar-refractivity contribution in [1.82, 2.24) is 0 Å². The number of methoxy groups -OCH3 is 1. The maximum absolute atomic E-state index is 5.83. The molecule has 0 aromatic heterocycles. The fraction of sp³-hybridized carbons (Fsp3) is 0.250. The Hall–Kier alpha value is -2.88. The van der Waals surface area contributed by atoms with Gasteiger partial charge in [0.1, 0.15) is 20.0 Å². The van der Waals surface area contributed by atoms with E-state index >= 15 is 0 Å². The molecule has 3 heterocycles. The molecule has 0 unspecified atom stereocenters. The van der Waals surface area contributed by atoms with Crippen LogP contribution in [0.25, 0.3) is 22.3 Å². The van der Waals surface area contributed by atoms with Gasteiger partial charge in [0, 0.05) is 16.8 Å². The third-order valence-corrected chi connectivity index (χ3v) is 12.4. The predicted octanol–water partition coefficient (Wildman–Crippen LogP) is 6.84. The molecule has 5 heteroatoms. The molecular weight excluding hydrogens is 558 g/mol. The van der Waals surface area contributed by atoms with Crippen molar-refractivity contribution in [1.29, 1.82) is 0 Å². The molecule has 0 amide bonds. The van der Waals surface area contributed by atoms with E-state index in [4.69, 9.17) is 4.74 Å². The zero-order valence-electron chi connectivity index (χ0n) is 22.4. The van der Waals surface area contributed by atoms with Crippen LogP contribution >= 0.6 is 0 Å². The summed E-state index contributed by atoms with van der Waals surface area (Å²) in [5.74, 6) is 0.963. The van der Waals surface area contributed by atoms with Crippen LogP contribution < -0.4 is 24.9 Å². The van der Waals surface area contributed by atoms with E-state index < -0.39 is 8.07 Å². The molecule has 4 aromatic rings. The Balaban J connectivity index is 0.00000252. The minimum atomic E-state index is -1.96. The summed E-state index contributed by atoms with van der Waals surface area (Å²) in [4.78, 5) is 5.24. The Morgan fingerprint density at radius 1 is 0.730 bits per heavy atom. The van der Waals surface area contributed by atoms with Crippen LogP contribution in [0.2, 0.25) is 13.1 Å². The number of hydrogen-bond acceptors (Lipinski definition) is 3. The molecule has 4 aromatic carbocycles. The number of fused-ring (bicyclic) bond motifs is 7. The van der Waals surface area contributed by atoms with Gasteiger partial charge in [0.25, 0.3) is 0 Å². The molecule has 1 radical (unpaired) electrons. The number of aryl methyl sites for hydroxylation is 1. The molecule has 0 saturated carbocycles. The summed E-state index contributed by atoms with van der Waals surface area (Å²) < 4.78 is 5.83. The van der Waals surface area contributed by atoms with Gasteiger partial charge in [0.15, 0.2) is 0 Å². The van der Waals surface area contributed by atoms with Gasteiger partial charge in [-0.1, -0.05) is 80.7 Å². The second-order valence-corrected chi connectivity index (χ2v) is 15.3. The number of ether oxygens (including phenoxy) is 1. The van der Waals surface area contributed by atoms with Gasteiger partial charge < -0.3 is 14.5 Å². The molecule has 37 heavy (non-hydrogen) atoms. The zero-order valence-corrected chi connectivity index (χ0v) is 25.2. The van der Waals surface area contributed by atoms with Gasteiger partial charge in [-0.05, 0) is 35.9 Å². The van der Waals surface area contributed by atoms with E-state index in [-0.39, 0.29) is 25.6 Å². The van der Waals surface area contributed by atoms with Crippen LogP contribution in [0.1, 0.15) is 23.6 Å². The van der Waals surface area contributed by atoms with E-state index in [1.807, 2.05) is 0 Å². The molecule has 0 aliphatic carbocycles. The van der Waals surface area contributed by atoms with E-state index in [1.54, 1.807) is 7.11 Å². The summed E-state index contributed by atoms with van der Waals surface area (Å²) in [5, 5.41) is 3.01. The number of rotatable bonds is 1. The standard InChI is InChI=1S/C32H31N2OSi.Ru/c1-18-12-13-24-22-10-8-9-11-23(22)25-14-16-28-32-31(25)33(29(24)19(18)2)21(4)34(32)30-20(3)26(35-5)15-17-27(30)36(28,6)7;/h8-11,13-17,21H,1-7H3;/q-1;+1/t21-;/m0./s1. The molecule has 0 bridgehead atoms. The first-order chi connectivity index (χ1) is 17.3. The molecule has 1 atom stereocenters. The van der Waals surface area contributed by atoms with Crippen LogP contribution in [0.3, 0.4) is 0 Å². The van der Waals surface area contributed by atoms with Crippen LogP contribution in [-0.2, 0) is 19.5 Å². The summed E-state index contributed by atoms with van der Waals surface area (Å²) >= 11 is 0. The Kier molecular flexibility index (Phi) is 5.33. The first-order valence-electron chi connectivity index (χ1n) is 12.8. The van der Waals surface area contributed by atoms with E-state index in [2.05, 4.69) is 111 Å². The van der Waals surface area contributed by atoms with Crippen molar-refractivity contribution in [2.24, 2.45) is 0 Å². The SMILES string of the molecule is COc1ccc2c(c1C)N1c3c(ccc4c3N(c3c(c[c-]c(C)c3C)-c3ccccc3-4)[C@@H]1C)[Si]2(C)C.[Ru+]. The van der Waals surface area contributed by atoms with Gasteiger partial charge >= 0.3 is 19.5 Å². The fourth-order valence-corrected chi connectivity index (χ4v) is 9.96. The van der Waals surface area contributed by atoms with Crippen LogP contribution in [-0.4, -0.2) is 21.3 Å². The van der Waals surface area contributed by atoms with Gasteiger partial charge in [0.05, 0.1) is 18.5 Å². The molecule has 0 saturated heterocycles. The maximum Gasteiger partial charge on any atom is 1.00 e. The second kappa shape index (κ2) is 8.06. The minimum absolute atomic E-state index is 0. The average molecular weight is 589 g/mol. The van der Waals surface area contributed by atoms with Crippen LogP contribution in [0, 0.1) is 26.8 Å². The molecule has 3 aliphatic heterocycles. The Morgan fingerprint density at radius 3 is 2.05 bits per heavy atom. The van der Waals surface area contributed by atoms with Gasteiger partial charge in [-0.15, -0.1) is 11.1 Å². The van der Waals surface area contributed by atoms with Gasteiger partial charge in [-0.2, -0.15) is 17.7 Å². The van der Waals surface area contributed by atoms with Crippen molar-refractivity contribution in [2.75, 3.05) is 16.9 Å². The topological polar surface area (TPSA) is 15.7 Å². The third-order valence-electron chi connectivity index (χ3n) is 8.92. The molecule has 7 rings (SSSR count). The van der Waals surface area contributed by atoms with E-state index in [0.29, 0.717) is 0 Å². The quantitative estimate of drug-likeness (QED) is 0.179. The number of hydrogen-bond donors (Lipinski definition) is 0. The normalized spacial score (nSPS) is 17.2. The van der Waals surface area contributed by atoms with Gasteiger partial charge in [-0.25, -0.2) is 0 Å². The van der Waals surface area contributed by atoms with E-state index in [0.717, 1.165) is 5.75 Å². The first kappa shape index (κ1) is 24.5. The van der Waals surface area contributed by atoms with Gasteiger partial charge in [-0.3, -0.25) is 0 Å². The van der Waals surface area contributed by atoms with Crippen molar-refractivity contribution in [2.45, 2.75) is 47.0 Å². The first-order valence-corrected chi connectivity index (χ1v) is 15.8. The number of nitrogens with zero attached hydrogens (tertiary/aromatic N) is 2. The largest absolute Gasteiger partial charge is 1.00 e. The zero-order chi connectivity index (χ0) is 25.1.